The lowest BCUT2D eigenvalue weighted by Gasteiger charge is -2.31. The van der Waals surface area contributed by atoms with Gasteiger partial charge in [0.2, 0.25) is 0 Å². The van der Waals surface area contributed by atoms with Gasteiger partial charge in [-0.3, -0.25) is 9.80 Å². The minimum Gasteiger partial charge on any atom is -0.389 e. The van der Waals surface area contributed by atoms with Gasteiger partial charge in [-0.05, 0) is 11.6 Å². The first kappa shape index (κ1) is 22.8. The lowest BCUT2D eigenvalue weighted by Crippen LogP contribution is -2.43. The lowest BCUT2D eigenvalue weighted by molar-refractivity contribution is 0.00194. The molecule has 1 atom stereocenters. The minimum absolute atomic E-state index is 0.189. The first-order valence-electron chi connectivity index (χ1n) is 10.4. The molecule has 0 aromatic heterocycles. The van der Waals surface area contributed by atoms with Crippen molar-refractivity contribution in [2.45, 2.75) is 19.3 Å². The highest BCUT2D eigenvalue weighted by atomic mass is 19.1. The van der Waals surface area contributed by atoms with E-state index in [-0.39, 0.29) is 6.61 Å². The Labute approximate surface area is 176 Å². The van der Waals surface area contributed by atoms with Gasteiger partial charge < -0.3 is 14.6 Å². The number of aliphatic hydroxyl groups is 1. The number of hydrogen-bond acceptors (Lipinski definition) is 5. The van der Waals surface area contributed by atoms with Crippen molar-refractivity contribution in [3.8, 4) is 0 Å². The van der Waals surface area contributed by atoms with Crippen LogP contribution in [0.3, 0.4) is 0 Å². The zero-order chi connectivity index (χ0) is 21.2. The molecule has 2 aromatic rings. The maximum atomic E-state index is 14.2. The summed E-state index contributed by atoms with van der Waals surface area (Å²) in [5.74, 6) is -1.16. The minimum atomic E-state index is -0.707. The molecule has 30 heavy (non-hydrogen) atoms. The third kappa shape index (κ3) is 7.74. The molecule has 0 amide bonds. The van der Waals surface area contributed by atoms with E-state index in [0.29, 0.717) is 45.0 Å². The number of benzene rings is 2. The van der Waals surface area contributed by atoms with Crippen LogP contribution in [0.5, 0.6) is 0 Å². The molecule has 2 aromatic carbocycles. The van der Waals surface area contributed by atoms with Gasteiger partial charge in [0.25, 0.3) is 0 Å². The van der Waals surface area contributed by atoms with E-state index < -0.39 is 17.7 Å². The van der Waals surface area contributed by atoms with Crippen LogP contribution in [-0.4, -0.2) is 73.6 Å². The second kappa shape index (κ2) is 12.1. The number of rotatable bonds is 11. The SMILES string of the molecule is OC(COCc1ccccc1)CN(CCN1CCOCC1)Cc1ccc(F)cc1F. The Morgan fingerprint density at radius 2 is 1.87 bits per heavy atom. The number of ether oxygens (including phenoxy) is 2. The normalized spacial score (nSPS) is 16.1. The summed E-state index contributed by atoms with van der Waals surface area (Å²) in [5.41, 5.74) is 1.46. The maximum Gasteiger partial charge on any atom is 0.130 e. The largest absolute Gasteiger partial charge is 0.389 e. The Balaban J connectivity index is 1.53. The Morgan fingerprint density at radius 1 is 1.10 bits per heavy atom. The van der Waals surface area contributed by atoms with Crippen molar-refractivity contribution in [1.82, 2.24) is 9.80 Å². The van der Waals surface area contributed by atoms with Crippen molar-refractivity contribution >= 4 is 0 Å². The zero-order valence-electron chi connectivity index (χ0n) is 17.2. The van der Waals surface area contributed by atoms with E-state index >= 15 is 0 Å². The van der Waals surface area contributed by atoms with Crippen LogP contribution in [0, 0.1) is 11.6 Å². The van der Waals surface area contributed by atoms with Crippen LogP contribution in [-0.2, 0) is 22.6 Å². The molecule has 1 aliphatic rings. The average Bonchev–Trinajstić information content (AvgIpc) is 2.75. The van der Waals surface area contributed by atoms with Crippen LogP contribution in [0.1, 0.15) is 11.1 Å². The van der Waals surface area contributed by atoms with E-state index in [1.807, 2.05) is 35.2 Å². The molecule has 1 heterocycles. The van der Waals surface area contributed by atoms with Gasteiger partial charge in [-0.2, -0.15) is 0 Å². The van der Waals surface area contributed by atoms with E-state index in [1.165, 1.54) is 12.1 Å². The third-order valence-electron chi connectivity index (χ3n) is 5.14. The quantitative estimate of drug-likeness (QED) is 0.606. The fourth-order valence-corrected chi connectivity index (χ4v) is 3.47. The fraction of sp³-hybridized carbons (Fsp3) is 0.478. The summed E-state index contributed by atoms with van der Waals surface area (Å²) in [7, 11) is 0. The third-order valence-corrected chi connectivity index (χ3v) is 5.14. The van der Waals surface area contributed by atoms with E-state index in [1.54, 1.807) is 0 Å². The number of hydrogen-bond donors (Lipinski definition) is 1. The van der Waals surface area contributed by atoms with Gasteiger partial charge in [0.15, 0.2) is 0 Å². The monoisotopic (exact) mass is 420 g/mol. The summed E-state index contributed by atoms with van der Waals surface area (Å²) in [5, 5.41) is 10.5. The molecule has 1 N–H and O–H groups in total. The van der Waals surface area contributed by atoms with Crippen LogP contribution in [0.15, 0.2) is 48.5 Å². The first-order valence-corrected chi connectivity index (χ1v) is 10.4. The molecule has 0 aliphatic carbocycles. The Bertz CT molecular complexity index is 757. The van der Waals surface area contributed by atoms with Gasteiger partial charge in [-0.25, -0.2) is 8.78 Å². The standard InChI is InChI=1S/C23H30F2N2O3/c24-21-7-6-20(23(25)14-21)15-27(9-8-26-10-12-29-13-11-26)16-22(28)18-30-17-19-4-2-1-3-5-19/h1-7,14,22,28H,8-13,15-18H2. The molecule has 0 radical (unpaired) electrons. The summed E-state index contributed by atoms with van der Waals surface area (Å²) in [6, 6.07) is 13.4. The predicted octanol–water partition coefficient (Wildman–Crippen LogP) is 2.68. The summed E-state index contributed by atoms with van der Waals surface area (Å²) < 4.78 is 38.4. The van der Waals surface area contributed by atoms with Gasteiger partial charge >= 0.3 is 0 Å². The molecule has 0 saturated carbocycles. The van der Waals surface area contributed by atoms with Crippen molar-refractivity contribution in [1.29, 1.82) is 0 Å². The summed E-state index contributed by atoms with van der Waals surface area (Å²) in [6.07, 6.45) is -0.707. The first-order chi connectivity index (χ1) is 14.6. The lowest BCUT2D eigenvalue weighted by atomic mass is 10.2. The van der Waals surface area contributed by atoms with Crippen LogP contribution in [0.2, 0.25) is 0 Å². The molecule has 164 valence electrons. The van der Waals surface area contributed by atoms with Gasteiger partial charge in [-0.15, -0.1) is 0 Å². The summed E-state index contributed by atoms with van der Waals surface area (Å²) >= 11 is 0. The molecular formula is C23H30F2N2O3. The van der Waals surface area contributed by atoms with Crippen molar-refractivity contribution in [3.05, 3.63) is 71.3 Å². The number of aliphatic hydroxyl groups excluding tert-OH is 1. The average molecular weight is 421 g/mol. The molecule has 1 saturated heterocycles. The van der Waals surface area contributed by atoms with Crippen LogP contribution in [0.4, 0.5) is 8.78 Å². The molecule has 1 aliphatic heterocycles. The van der Waals surface area contributed by atoms with Gasteiger partial charge in [0, 0.05) is 50.9 Å². The fourth-order valence-electron chi connectivity index (χ4n) is 3.47. The molecule has 0 bridgehead atoms. The van der Waals surface area contributed by atoms with Crippen LogP contribution >= 0.6 is 0 Å². The van der Waals surface area contributed by atoms with Crippen LogP contribution < -0.4 is 0 Å². The maximum absolute atomic E-state index is 14.2. The molecular weight excluding hydrogens is 390 g/mol. The van der Waals surface area contributed by atoms with Gasteiger partial charge in [0.1, 0.15) is 11.6 Å². The molecule has 3 rings (SSSR count). The predicted molar refractivity (Wildman–Crippen MR) is 111 cm³/mol. The van der Waals surface area contributed by atoms with E-state index in [4.69, 9.17) is 9.47 Å². The van der Waals surface area contributed by atoms with Gasteiger partial charge in [-0.1, -0.05) is 36.4 Å². The van der Waals surface area contributed by atoms with E-state index in [9.17, 15) is 13.9 Å². The molecule has 0 spiro atoms. The Morgan fingerprint density at radius 3 is 2.60 bits per heavy atom. The molecule has 7 heteroatoms. The van der Waals surface area contributed by atoms with E-state index in [0.717, 1.165) is 31.3 Å². The highest BCUT2D eigenvalue weighted by molar-refractivity contribution is 5.18. The van der Waals surface area contributed by atoms with E-state index in [2.05, 4.69) is 4.90 Å². The topological polar surface area (TPSA) is 45.2 Å². The second-order valence-corrected chi connectivity index (χ2v) is 7.58. The van der Waals surface area contributed by atoms with Crippen molar-refractivity contribution in [2.75, 3.05) is 52.5 Å². The Kier molecular flexibility index (Phi) is 9.17. The number of morpholine rings is 1. The summed E-state index contributed by atoms with van der Waals surface area (Å²) in [4.78, 5) is 4.28. The van der Waals surface area contributed by atoms with Crippen molar-refractivity contribution in [2.24, 2.45) is 0 Å². The second-order valence-electron chi connectivity index (χ2n) is 7.58. The van der Waals surface area contributed by atoms with Crippen molar-refractivity contribution < 1.29 is 23.4 Å². The highest BCUT2D eigenvalue weighted by Gasteiger charge is 2.17. The smallest absolute Gasteiger partial charge is 0.130 e. The highest BCUT2D eigenvalue weighted by Crippen LogP contribution is 2.13. The molecule has 1 fully saturated rings. The molecule has 5 nitrogen and oxygen atoms in total. The zero-order valence-corrected chi connectivity index (χ0v) is 17.2. The molecule has 1 unspecified atom stereocenters. The van der Waals surface area contributed by atoms with Gasteiger partial charge in [0.05, 0.1) is 32.5 Å². The number of nitrogens with zero attached hydrogens (tertiary/aromatic N) is 2. The van der Waals surface area contributed by atoms with Crippen molar-refractivity contribution in [3.63, 3.8) is 0 Å². The Hall–Kier alpha value is -1.90. The van der Waals surface area contributed by atoms with Crippen LogP contribution in [0.25, 0.3) is 0 Å². The number of halogens is 2. The summed E-state index contributed by atoms with van der Waals surface area (Å²) in [6.45, 7) is 5.86.